The molecule has 1 aromatic carbocycles. The molecule has 7 nitrogen and oxygen atoms in total. The lowest BCUT2D eigenvalue weighted by Crippen LogP contribution is -2.47. The molecule has 0 saturated carbocycles. The van der Waals surface area contributed by atoms with E-state index in [1.165, 1.54) is 13.2 Å². The molecule has 0 aliphatic rings. The van der Waals surface area contributed by atoms with Crippen molar-refractivity contribution >= 4 is 34.6 Å². The van der Waals surface area contributed by atoms with Gasteiger partial charge in [0.05, 0.1) is 7.11 Å². The quantitative estimate of drug-likeness (QED) is 0.491. The molecular formula is C21H27NO6S. The van der Waals surface area contributed by atoms with Gasteiger partial charge >= 0.3 is 11.6 Å². The highest BCUT2D eigenvalue weighted by atomic mass is 32.2. The van der Waals surface area contributed by atoms with Gasteiger partial charge in [-0.1, -0.05) is 6.92 Å². The van der Waals surface area contributed by atoms with Crippen LogP contribution in [-0.2, 0) is 20.7 Å². The van der Waals surface area contributed by atoms with Crippen molar-refractivity contribution in [1.29, 1.82) is 0 Å². The van der Waals surface area contributed by atoms with Crippen LogP contribution in [0.2, 0.25) is 0 Å². The van der Waals surface area contributed by atoms with Gasteiger partial charge in [0.25, 0.3) is 5.91 Å². The first-order valence-electron chi connectivity index (χ1n) is 9.41. The van der Waals surface area contributed by atoms with Crippen LogP contribution in [0.4, 0.5) is 0 Å². The van der Waals surface area contributed by atoms with Gasteiger partial charge in [0, 0.05) is 17.5 Å². The fourth-order valence-corrected chi connectivity index (χ4v) is 3.41. The summed E-state index contributed by atoms with van der Waals surface area (Å²) < 4.78 is 15.9. The van der Waals surface area contributed by atoms with E-state index in [9.17, 15) is 14.4 Å². The number of amides is 1. The number of aryl methyl sites for hydroxylation is 2. The van der Waals surface area contributed by atoms with Crippen molar-refractivity contribution in [3.05, 3.63) is 39.7 Å². The molecule has 29 heavy (non-hydrogen) atoms. The van der Waals surface area contributed by atoms with E-state index < -0.39 is 29.6 Å². The van der Waals surface area contributed by atoms with Crippen LogP contribution < -0.4 is 15.7 Å². The first kappa shape index (κ1) is 22.8. The van der Waals surface area contributed by atoms with Gasteiger partial charge in [0.15, 0.2) is 6.10 Å². The maximum absolute atomic E-state index is 12.6. The first-order chi connectivity index (χ1) is 13.8. The van der Waals surface area contributed by atoms with Crippen LogP contribution in [0.15, 0.2) is 27.4 Å². The van der Waals surface area contributed by atoms with Gasteiger partial charge < -0.3 is 19.2 Å². The molecular weight excluding hydrogens is 394 g/mol. The number of carbonyl (C=O) groups is 2. The van der Waals surface area contributed by atoms with Gasteiger partial charge in [-0.15, -0.1) is 0 Å². The van der Waals surface area contributed by atoms with Crippen molar-refractivity contribution in [3.8, 4) is 5.75 Å². The Balaban J connectivity index is 2.23. The van der Waals surface area contributed by atoms with Gasteiger partial charge in [0.1, 0.15) is 17.4 Å². The Hall–Kier alpha value is -2.48. The summed E-state index contributed by atoms with van der Waals surface area (Å²) in [5.74, 6) is 0.263. The maximum atomic E-state index is 12.6. The lowest BCUT2D eigenvalue weighted by Gasteiger charge is -2.21. The maximum Gasteiger partial charge on any atom is 0.336 e. The van der Waals surface area contributed by atoms with Gasteiger partial charge in [-0.2, -0.15) is 11.8 Å². The van der Waals surface area contributed by atoms with Crippen molar-refractivity contribution in [2.75, 3.05) is 19.1 Å². The Kier molecular flexibility index (Phi) is 8.13. The summed E-state index contributed by atoms with van der Waals surface area (Å²) in [7, 11) is 1.29. The van der Waals surface area contributed by atoms with E-state index >= 15 is 0 Å². The Morgan fingerprint density at radius 3 is 2.62 bits per heavy atom. The summed E-state index contributed by atoms with van der Waals surface area (Å²) >= 11 is 1.58. The Labute approximate surface area is 174 Å². The molecule has 0 saturated heterocycles. The van der Waals surface area contributed by atoms with Crippen LogP contribution in [0.1, 0.15) is 31.4 Å². The average Bonchev–Trinajstić information content (AvgIpc) is 2.69. The molecule has 0 bridgehead atoms. The van der Waals surface area contributed by atoms with Gasteiger partial charge in [-0.3, -0.25) is 4.79 Å². The summed E-state index contributed by atoms with van der Waals surface area (Å²) in [6.07, 6.45) is 2.22. The number of carbonyl (C=O) groups excluding carboxylic acids is 2. The largest absolute Gasteiger partial charge is 0.480 e. The van der Waals surface area contributed by atoms with Crippen LogP contribution in [0.3, 0.4) is 0 Å². The summed E-state index contributed by atoms with van der Waals surface area (Å²) in [4.78, 5) is 36.2. The molecule has 0 aliphatic heterocycles. The molecule has 1 aromatic heterocycles. The zero-order valence-corrected chi connectivity index (χ0v) is 18.2. The van der Waals surface area contributed by atoms with Gasteiger partial charge in [-0.25, -0.2) is 9.59 Å². The van der Waals surface area contributed by atoms with Crippen molar-refractivity contribution < 1.29 is 23.5 Å². The highest BCUT2D eigenvalue weighted by molar-refractivity contribution is 7.98. The van der Waals surface area contributed by atoms with Crippen LogP contribution >= 0.6 is 11.8 Å². The number of nitrogens with one attached hydrogen (secondary N) is 1. The third-order valence-corrected chi connectivity index (χ3v) is 5.24. The number of rotatable bonds is 9. The highest BCUT2D eigenvalue weighted by Gasteiger charge is 2.25. The van der Waals surface area contributed by atoms with E-state index in [0.717, 1.165) is 16.5 Å². The van der Waals surface area contributed by atoms with E-state index in [4.69, 9.17) is 13.9 Å². The Morgan fingerprint density at radius 2 is 2.00 bits per heavy atom. The second-order valence-electron chi connectivity index (χ2n) is 6.68. The standard InChI is InChI=1S/C21H27NO6S/c1-6-14-10-15-12(2)9-19(23)28-18(15)11-17(14)27-13(3)20(24)22-16(7-8-29-5)21(25)26-4/h9-11,13,16H,6-8H2,1-5H3,(H,22,24)/t13-,16+/m1/s1. The molecule has 0 unspecified atom stereocenters. The number of hydrogen-bond donors (Lipinski definition) is 1. The molecule has 2 aromatic rings. The number of benzene rings is 1. The van der Waals surface area contributed by atoms with Crippen LogP contribution in [0.25, 0.3) is 11.0 Å². The fourth-order valence-electron chi connectivity index (χ4n) is 2.94. The molecule has 0 fully saturated rings. The van der Waals surface area contributed by atoms with Crippen molar-refractivity contribution in [3.63, 3.8) is 0 Å². The first-order valence-corrected chi connectivity index (χ1v) is 10.8. The number of thioether (sulfide) groups is 1. The summed E-state index contributed by atoms with van der Waals surface area (Å²) in [5.41, 5.74) is 1.67. The predicted molar refractivity (Wildman–Crippen MR) is 114 cm³/mol. The summed E-state index contributed by atoms with van der Waals surface area (Å²) in [5, 5.41) is 3.52. The zero-order chi connectivity index (χ0) is 21.6. The minimum atomic E-state index is -0.851. The zero-order valence-electron chi connectivity index (χ0n) is 17.4. The normalized spacial score (nSPS) is 13.0. The topological polar surface area (TPSA) is 94.8 Å². The number of esters is 1. The highest BCUT2D eigenvalue weighted by Crippen LogP contribution is 2.28. The van der Waals surface area contributed by atoms with Crippen molar-refractivity contribution in [2.24, 2.45) is 0 Å². The smallest absolute Gasteiger partial charge is 0.336 e. The number of fused-ring (bicyclic) bond motifs is 1. The number of methoxy groups -OCH3 is 1. The number of ether oxygens (including phenoxy) is 2. The molecule has 0 spiro atoms. The SMILES string of the molecule is CCc1cc2c(C)cc(=O)oc2cc1O[C@H](C)C(=O)N[C@@H](CCSC)C(=O)OC. The second-order valence-corrected chi connectivity index (χ2v) is 7.67. The predicted octanol–water partition coefficient (Wildman–Crippen LogP) is 2.84. The minimum absolute atomic E-state index is 0.405. The average molecular weight is 422 g/mol. The summed E-state index contributed by atoms with van der Waals surface area (Å²) in [6, 6.07) is 4.26. The van der Waals surface area contributed by atoms with E-state index in [-0.39, 0.29) is 0 Å². The van der Waals surface area contributed by atoms with Crippen LogP contribution in [-0.4, -0.2) is 43.1 Å². The van der Waals surface area contributed by atoms with Crippen molar-refractivity contribution in [2.45, 2.75) is 45.8 Å². The molecule has 1 amide bonds. The van der Waals surface area contributed by atoms with E-state index in [0.29, 0.717) is 29.9 Å². The lowest BCUT2D eigenvalue weighted by molar-refractivity contribution is -0.146. The van der Waals surface area contributed by atoms with Crippen molar-refractivity contribution in [1.82, 2.24) is 5.32 Å². The fraction of sp³-hybridized carbons (Fsp3) is 0.476. The summed E-state index contributed by atoms with van der Waals surface area (Å²) in [6.45, 7) is 5.42. The number of hydrogen-bond acceptors (Lipinski definition) is 7. The molecule has 0 radical (unpaired) electrons. The van der Waals surface area contributed by atoms with E-state index in [1.807, 2.05) is 26.2 Å². The molecule has 0 aliphatic carbocycles. The minimum Gasteiger partial charge on any atom is -0.480 e. The molecule has 2 atom stereocenters. The second kappa shape index (κ2) is 10.3. The van der Waals surface area contributed by atoms with E-state index in [2.05, 4.69) is 5.32 Å². The van der Waals surface area contributed by atoms with Gasteiger partial charge in [0.2, 0.25) is 0 Å². The lowest BCUT2D eigenvalue weighted by atomic mass is 10.1. The molecule has 2 rings (SSSR count). The monoisotopic (exact) mass is 421 g/mol. The van der Waals surface area contributed by atoms with Gasteiger partial charge in [-0.05, 0) is 55.9 Å². The van der Waals surface area contributed by atoms with E-state index in [1.54, 1.807) is 24.8 Å². The molecule has 1 N–H and O–H groups in total. The third-order valence-electron chi connectivity index (χ3n) is 4.60. The van der Waals surface area contributed by atoms with Crippen LogP contribution in [0.5, 0.6) is 5.75 Å². The molecule has 158 valence electrons. The third kappa shape index (κ3) is 5.76. The molecule has 1 heterocycles. The molecule has 8 heteroatoms. The Bertz CT molecular complexity index is 939. The Morgan fingerprint density at radius 1 is 1.28 bits per heavy atom. The van der Waals surface area contributed by atoms with Crippen LogP contribution in [0, 0.1) is 6.92 Å².